The minimum atomic E-state index is -0.0598. The molecule has 1 heterocycles. The smallest absolute Gasteiger partial charge is 0.228 e. The summed E-state index contributed by atoms with van der Waals surface area (Å²) in [5.74, 6) is 0.370. The molecule has 0 atom stereocenters. The highest BCUT2D eigenvalue weighted by molar-refractivity contribution is 6.00. The van der Waals surface area contributed by atoms with Crippen molar-refractivity contribution >= 4 is 23.1 Å². The number of ketones is 1. The molecule has 2 aromatic rings. The molecule has 0 spiro atoms. The van der Waals surface area contributed by atoms with Crippen LogP contribution in [0.2, 0.25) is 0 Å². The molecule has 2 fully saturated rings. The van der Waals surface area contributed by atoms with Gasteiger partial charge in [-0.2, -0.15) is 0 Å². The predicted octanol–water partition coefficient (Wildman–Crippen LogP) is 3.30. The van der Waals surface area contributed by atoms with Crippen molar-refractivity contribution in [3.8, 4) is 0 Å². The standard InChI is InChI=1S/C22H24N2O3/c25-21(23-19-7-5-18(6-8-19)22(26)17-3-4-17)15-16-1-9-20(10-2-16)24-11-13-27-14-12-24/h1-2,5-10,17H,3-4,11-15H2,(H,23,25). The fraction of sp³-hybridized carbons (Fsp3) is 0.364. The summed E-state index contributed by atoms with van der Waals surface area (Å²) < 4.78 is 5.38. The Morgan fingerprint density at radius 2 is 1.63 bits per heavy atom. The third-order valence-electron chi connectivity index (χ3n) is 5.08. The minimum absolute atomic E-state index is 0.0598. The van der Waals surface area contributed by atoms with E-state index in [1.54, 1.807) is 24.3 Å². The second-order valence-corrected chi connectivity index (χ2v) is 7.21. The first kappa shape index (κ1) is 17.7. The molecule has 5 heteroatoms. The van der Waals surface area contributed by atoms with Crippen molar-refractivity contribution in [1.82, 2.24) is 0 Å². The average molecular weight is 364 g/mol. The van der Waals surface area contributed by atoms with Crippen LogP contribution in [0.3, 0.4) is 0 Å². The molecule has 140 valence electrons. The summed E-state index contributed by atoms with van der Waals surface area (Å²) in [6, 6.07) is 15.3. The molecular formula is C22H24N2O3. The Balaban J connectivity index is 1.31. The first-order chi connectivity index (χ1) is 13.2. The third kappa shape index (κ3) is 4.55. The van der Waals surface area contributed by atoms with E-state index < -0.39 is 0 Å². The first-order valence-corrected chi connectivity index (χ1v) is 9.55. The van der Waals surface area contributed by atoms with Crippen LogP contribution < -0.4 is 10.2 Å². The maximum atomic E-state index is 12.3. The van der Waals surface area contributed by atoms with Gasteiger partial charge in [0.25, 0.3) is 0 Å². The van der Waals surface area contributed by atoms with Gasteiger partial charge < -0.3 is 15.0 Å². The molecular weight excluding hydrogens is 340 g/mol. The van der Waals surface area contributed by atoms with Crippen molar-refractivity contribution < 1.29 is 14.3 Å². The third-order valence-corrected chi connectivity index (χ3v) is 5.08. The van der Waals surface area contributed by atoms with Crippen LogP contribution in [0.1, 0.15) is 28.8 Å². The van der Waals surface area contributed by atoms with E-state index in [1.807, 2.05) is 12.1 Å². The lowest BCUT2D eigenvalue weighted by Crippen LogP contribution is -2.36. The fourth-order valence-electron chi connectivity index (χ4n) is 3.34. The Kier molecular flexibility index (Phi) is 5.21. The highest BCUT2D eigenvalue weighted by atomic mass is 16.5. The number of benzene rings is 2. The van der Waals surface area contributed by atoms with Gasteiger partial charge in [-0.15, -0.1) is 0 Å². The van der Waals surface area contributed by atoms with Gasteiger partial charge in [-0.05, 0) is 54.8 Å². The quantitative estimate of drug-likeness (QED) is 0.799. The van der Waals surface area contributed by atoms with Gasteiger partial charge in [-0.1, -0.05) is 12.1 Å². The van der Waals surface area contributed by atoms with E-state index in [9.17, 15) is 9.59 Å². The summed E-state index contributed by atoms with van der Waals surface area (Å²) in [6.45, 7) is 3.32. The first-order valence-electron chi connectivity index (χ1n) is 9.55. The molecule has 0 unspecified atom stereocenters. The number of carbonyl (C=O) groups is 2. The molecule has 5 nitrogen and oxygen atoms in total. The lowest BCUT2D eigenvalue weighted by molar-refractivity contribution is -0.115. The summed E-state index contributed by atoms with van der Waals surface area (Å²) in [6.07, 6.45) is 2.33. The maximum Gasteiger partial charge on any atom is 0.228 e. The van der Waals surface area contributed by atoms with Crippen LogP contribution in [0.15, 0.2) is 48.5 Å². The normalized spacial score (nSPS) is 16.8. The molecule has 1 amide bonds. The van der Waals surface area contributed by atoms with Crippen molar-refractivity contribution in [1.29, 1.82) is 0 Å². The molecule has 0 bridgehead atoms. The lowest BCUT2D eigenvalue weighted by atomic mass is 10.1. The van der Waals surface area contributed by atoms with Crippen LogP contribution in [0.5, 0.6) is 0 Å². The Morgan fingerprint density at radius 3 is 2.26 bits per heavy atom. The number of hydrogen-bond donors (Lipinski definition) is 1. The Labute approximate surface area is 159 Å². The van der Waals surface area contributed by atoms with E-state index in [-0.39, 0.29) is 17.6 Å². The van der Waals surface area contributed by atoms with Gasteiger partial charge in [-0.25, -0.2) is 0 Å². The van der Waals surface area contributed by atoms with Crippen LogP contribution in [-0.4, -0.2) is 38.0 Å². The Hall–Kier alpha value is -2.66. The van der Waals surface area contributed by atoms with Crippen LogP contribution in [-0.2, 0) is 16.0 Å². The zero-order chi connectivity index (χ0) is 18.6. The number of rotatable bonds is 6. The molecule has 1 saturated heterocycles. The van der Waals surface area contributed by atoms with E-state index >= 15 is 0 Å². The highest BCUT2D eigenvalue weighted by Crippen LogP contribution is 2.32. The second kappa shape index (κ2) is 7.92. The molecule has 27 heavy (non-hydrogen) atoms. The van der Waals surface area contributed by atoms with Crippen LogP contribution >= 0.6 is 0 Å². The molecule has 0 aromatic heterocycles. The Morgan fingerprint density at radius 1 is 0.963 bits per heavy atom. The van der Waals surface area contributed by atoms with Crippen molar-refractivity contribution in [3.63, 3.8) is 0 Å². The van der Waals surface area contributed by atoms with E-state index in [4.69, 9.17) is 4.74 Å². The van der Waals surface area contributed by atoms with E-state index in [0.29, 0.717) is 6.42 Å². The Bertz CT molecular complexity index is 804. The number of carbonyl (C=O) groups excluding carboxylic acids is 2. The summed E-state index contributed by atoms with van der Waals surface area (Å²) in [7, 11) is 0. The van der Waals surface area contributed by atoms with Crippen LogP contribution in [0.25, 0.3) is 0 Å². The topological polar surface area (TPSA) is 58.6 Å². The van der Waals surface area contributed by atoms with Gasteiger partial charge >= 0.3 is 0 Å². The number of Topliss-reactive ketones (excluding diaryl/α,β-unsaturated/α-hetero) is 1. The molecule has 4 rings (SSSR count). The second-order valence-electron chi connectivity index (χ2n) is 7.21. The number of morpholine rings is 1. The van der Waals surface area contributed by atoms with Crippen LogP contribution in [0.4, 0.5) is 11.4 Å². The number of ether oxygens (including phenoxy) is 1. The van der Waals surface area contributed by atoms with Gasteiger partial charge in [0.15, 0.2) is 5.78 Å². The maximum absolute atomic E-state index is 12.3. The SMILES string of the molecule is O=C(Cc1ccc(N2CCOCC2)cc1)Nc1ccc(C(=O)C2CC2)cc1. The van der Waals surface area contributed by atoms with Gasteiger partial charge in [0.05, 0.1) is 19.6 Å². The molecule has 1 N–H and O–H groups in total. The van der Waals surface area contributed by atoms with Crippen molar-refractivity contribution in [2.45, 2.75) is 19.3 Å². The molecule has 1 aliphatic heterocycles. The molecule has 0 radical (unpaired) electrons. The monoisotopic (exact) mass is 364 g/mol. The average Bonchev–Trinajstić information content (AvgIpc) is 3.55. The van der Waals surface area contributed by atoms with Crippen molar-refractivity contribution in [2.24, 2.45) is 5.92 Å². The molecule has 1 aliphatic carbocycles. The molecule has 1 saturated carbocycles. The number of nitrogens with zero attached hydrogens (tertiary/aromatic N) is 1. The molecule has 2 aliphatic rings. The van der Waals surface area contributed by atoms with E-state index in [0.717, 1.165) is 56.0 Å². The van der Waals surface area contributed by atoms with Gasteiger partial charge in [-0.3, -0.25) is 9.59 Å². The largest absolute Gasteiger partial charge is 0.378 e. The van der Waals surface area contributed by atoms with Crippen molar-refractivity contribution in [2.75, 3.05) is 36.5 Å². The van der Waals surface area contributed by atoms with E-state index in [1.165, 1.54) is 5.69 Å². The van der Waals surface area contributed by atoms with Crippen molar-refractivity contribution in [3.05, 3.63) is 59.7 Å². The summed E-state index contributed by atoms with van der Waals surface area (Å²) in [4.78, 5) is 26.6. The summed E-state index contributed by atoms with van der Waals surface area (Å²) in [5, 5.41) is 2.90. The fourth-order valence-corrected chi connectivity index (χ4v) is 3.34. The zero-order valence-electron chi connectivity index (χ0n) is 15.3. The van der Waals surface area contributed by atoms with Gasteiger partial charge in [0.2, 0.25) is 5.91 Å². The highest BCUT2D eigenvalue weighted by Gasteiger charge is 2.30. The van der Waals surface area contributed by atoms with Gasteiger partial charge in [0.1, 0.15) is 0 Å². The zero-order valence-corrected chi connectivity index (χ0v) is 15.3. The van der Waals surface area contributed by atoms with Crippen LogP contribution in [0, 0.1) is 5.92 Å². The number of amides is 1. The minimum Gasteiger partial charge on any atom is -0.378 e. The predicted molar refractivity (Wildman–Crippen MR) is 105 cm³/mol. The van der Waals surface area contributed by atoms with E-state index in [2.05, 4.69) is 22.3 Å². The number of nitrogens with one attached hydrogen (secondary N) is 1. The summed E-state index contributed by atoms with van der Waals surface area (Å²) >= 11 is 0. The lowest BCUT2D eigenvalue weighted by Gasteiger charge is -2.28. The number of hydrogen-bond acceptors (Lipinski definition) is 4. The number of anilines is 2. The summed E-state index contributed by atoms with van der Waals surface area (Å²) in [5.41, 5.74) is 3.59. The van der Waals surface area contributed by atoms with Gasteiger partial charge in [0, 0.05) is 35.9 Å². The molecule has 2 aromatic carbocycles.